The molecule has 2 aliphatic carbocycles. The molecule has 0 unspecified atom stereocenters. The van der Waals surface area contributed by atoms with Crippen molar-refractivity contribution in [2.75, 3.05) is 12.0 Å². The lowest BCUT2D eigenvalue weighted by molar-refractivity contribution is -0.140. The first-order valence-electron chi connectivity index (χ1n) is 7.18. The van der Waals surface area contributed by atoms with Crippen LogP contribution in [-0.4, -0.2) is 23.4 Å². The van der Waals surface area contributed by atoms with Gasteiger partial charge in [-0.15, -0.1) is 0 Å². The Hall–Kier alpha value is -1.81. The molecule has 1 saturated heterocycles. The number of amides is 2. The quantitative estimate of drug-likeness (QED) is 0.689. The third kappa shape index (κ3) is 1.89. The number of anilines is 1. The van der Waals surface area contributed by atoms with E-state index in [1.807, 2.05) is 12.1 Å². The summed E-state index contributed by atoms with van der Waals surface area (Å²) < 4.78 is 0. The second-order valence-electron chi connectivity index (χ2n) is 5.95. The molecule has 0 radical (unpaired) electrons. The molecule has 21 heavy (non-hydrogen) atoms. The monoisotopic (exact) mass is 302 g/mol. The van der Waals surface area contributed by atoms with Gasteiger partial charge in [-0.05, 0) is 42.5 Å². The predicted molar refractivity (Wildman–Crippen MR) is 79.5 cm³/mol. The summed E-state index contributed by atoms with van der Waals surface area (Å²) in [5.74, 6) is 0.222. The van der Waals surface area contributed by atoms with E-state index in [1.165, 1.54) is 4.90 Å². The summed E-state index contributed by atoms with van der Waals surface area (Å²) in [6, 6.07) is 7.21. The lowest BCUT2D eigenvalue weighted by atomic mass is 9.85. The van der Waals surface area contributed by atoms with Crippen LogP contribution in [0.25, 0.3) is 0 Å². The summed E-state index contributed by atoms with van der Waals surface area (Å²) in [4.78, 5) is 26.3. The van der Waals surface area contributed by atoms with Crippen molar-refractivity contribution in [2.24, 2.45) is 23.7 Å². The number of hydrogen-bond donors (Lipinski definition) is 1. The second-order valence-corrected chi connectivity index (χ2v) is 6.38. The highest BCUT2D eigenvalue weighted by atomic mass is 35.5. The fourth-order valence-corrected chi connectivity index (χ4v) is 3.98. The molecule has 2 fully saturated rings. The van der Waals surface area contributed by atoms with Gasteiger partial charge in [0.2, 0.25) is 11.8 Å². The van der Waals surface area contributed by atoms with Crippen LogP contribution in [0.1, 0.15) is 6.42 Å². The Kier molecular flexibility index (Phi) is 2.82. The third-order valence-electron chi connectivity index (χ3n) is 4.85. The number of hydrogen-bond acceptors (Lipinski definition) is 3. The number of halogens is 1. The maximum absolute atomic E-state index is 12.5. The van der Waals surface area contributed by atoms with Gasteiger partial charge in [0.15, 0.2) is 0 Å². The zero-order valence-corrected chi connectivity index (χ0v) is 12.1. The zero-order valence-electron chi connectivity index (χ0n) is 11.3. The molecule has 5 heteroatoms. The Morgan fingerprint density at radius 3 is 2.19 bits per heavy atom. The minimum atomic E-state index is -0.125. The number of carbonyl (C=O) groups is 2. The fraction of sp³-hybridized carbons (Fsp3) is 0.375. The van der Waals surface area contributed by atoms with Gasteiger partial charge < -0.3 is 5.32 Å². The number of nitrogens with zero attached hydrogens (tertiary/aromatic N) is 1. The lowest BCUT2D eigenvalue weighted by Gasteiger charge is -2.18. The van der Waals surface area contributed by atoms with Crippen molar-refractivity contribution in [2.45, 2.75) is 6.42 Å². The minimum absolute atomic E-state index is 0.0247. The van der Waals surface area contributed by atoms with E-state index in [9.17, 15) is 9.59 Å². The molecule has 2 bridgehead atoms. The van der Waals surface area contributed by atoms with Crippen LogP contribution < -0.4 is 5.32 Å². The number of benzene rings is 1. The summed E-state index contributed by atoms with van der Waals surface area (Å²) in [5, 5.41) is 3.78. The number of fused-ring (bicyclic) bond motifs is 5. The van der Waals surface area contributed by atoms with Crippen LogP contribution in [0.4, 0.5) is 5.69 Å². The molecule has 4 rings (SSSR count). The van der Waals surface area contributed by atoms with Crippen molar-refractivity contribution >= 4 is 29.1 Å². The molecule has 1 saturated carbocycles. The molecule has 0 aromatic heterocycles. The van der Waals surface area contributed by atoms with E-state index in [4.69, 9.17) is 11.6 Å². The van der Waals surface area contributed by atoms with Crippen LogP contribution in [0.5, 0.6) is 0 Å². The SMILES string of the molecule is O=C1[C@@H]2[C@@H](C(=O)N1CNc1ccc(Cl)cc1)[C@H]1C=C[C@H]2C1. The predicted octanol–water partition coefficient (Wildman–Crippen LogP) is 2.52. The molecule has 1 aromatic carbocycles. The molecule has 108 valence electrons. The van der Waals surface area contributed by atoms with Crippen LogP contribution in [-0.2, 0) is 9.59 Å². The molecule has 4 nitrogen and oxygen atoms in total. The van der Waals surface area contributed by atoms with E-state index in [1.54, 1.807) is 12.1 Å². The van der Waals surface area contributed by atoms with Crippen molar-refractivity contribution in [1.29, 1.82) is 0 Å². The van der Waals surface area contributed by atoms with Gasteiger partial charge in [0, 0.05) is 10.7 Å². The molecule has 1 aliphatic heterocycles. The molecule has 3 aliphatic rings. The Bertz CT molecular complexity index is 610. The Balaban J connectivity index is 1.48. The number of rotatable bonds is 3. The molecule has 2 amide bonds. The van der Waals surface area contributed by atoms with Gasteiger partial charge >= 0.3 is 0 Å². The zero-order chi connectivity index (χ0) is 14.6. The van der Waals surface area contributed by atoms with Gasteiger partial charge in [0.1, 0.15) is 0 Å². The maximum Gasteiger partial charge on any atom is 0.235 e. The van der Waals surface area contributed by atoms with E-state index in [0.717, 1.165) is 12.1 Å². The second kappa shape index (κ2) is 4.60. The van der Waals surface area contributed by atoms with Gasteiger partial charge in [0.25, 0.3) is 0 Å². The van der Waals surface area contributed by atoms with Crippen molar-refractivity contribution in [3.05, 3.63) is 41.4 Å². The van der Waals surface area contributed by atoms with Crippen molar-refractivity contribution in [3.8, 4) is 0 Å². The summed E-state index contributed by atoms with van der Waals surface area (Å²) in [5.41, 5.74) is 0.846. The van der Waals surface area contributed by atoms with Crippen LogP contribution in [0.2, 0.25) is 5.02 Å². The molecule has 1 N–H and O–H groups in total. The highest BCUT2D eigenvalue weighted by Crippen LogP contribution is 2.52. The van der Waals surface area contributed by atoms with Crippen molar-refractivity contribution < 1.29 is 9.59 Å². The van der Waals surface area contributed by atoms with E-state index in [2.05, 4.69) is 17.5 Å². The standard InChI is InChI=1S/C16H15ClN2O2/c17-11-3-5-12(6-4-11)18-8-19-15(20)13-9-1-2-10(7-9)14(13)16(19)21/h1-6,9-10,13-14,18H,7-8H2/t9-,10-,13-,14-/m0/s1. The normalized spacial score (nSPS) is 32.9. The first-order valence-corrected chi connectivity index (χ1v) is 7.56. The number of imide groups is 1. The maximum atomic E-state index is 12.5. The van der Waals surface area contributed by atoms with Crippen LogP contribution in [0.15, 0.2) is 36.4 Å². The first kappa shape index (κ1) is 12.9. The molecular formula is C16H15ClN2O2. The van der Waals surface area contributed by atoms with Crippen molar-refractivity contribution in [1.82, 2.24) is 4.90 Å². The smallest absolute Gasteiger partial charge is 0.235 e. The summed E-state index contributed by atoms with van der Waals surface area (Å²) in [6.45, 7) is 0.228. The first-order chi connectivity index (χ1) is 10.1. The number of likely N-dealkylation sites (tertiary alicyclic amines) is 1. The van der Waals surface area contributed by atoms with E-state index >= 15 is 0 Å². The average Bonchev–Trinajstić information content (AvgIpc) is 3.14. The van der Waals surface area contributed by atoms with E-state index in [0.29, 0.717) is 5.02 Å². The largest absolute Gasteiger partial charge is 0.367 e. The molecule has 0 spiro atoms. The van der Waals surface area contributed by atoms with Gasteiger partial charge in [-0.3, -0.25) is 14.5 Å². The highest BCUT2D eigenvalue weighted by molar-refractivity contribution is 6.30. The highest BCUT2D eigenvalue weighted by Gasteiger charge is 2.59. The molecule has 1 aromatic rings. The van der Waals surface area contributed by atoms with Crippen molar-refractivity contribution in [3.63, 3.8) is 0 Å². The van der Waals surface area contributed by atoms with Crippen LogP contribution >= 0.6 is 11.6 Å². The van der Waals surface area contributed by atoms with Crippen LogP contribution in [0, 0.1) is 23.7 Å². The summed E-state index contributed by atoms with van der Waals surface area (Å²) >= 11 is 5.84. The molecule has 1 heterocycles. The number of carbonyl (C=O) groups excluding carboxylic acids is 2. The molecular weight excluding hydrogens is 288 g/mol. The Morgan fingerprint density at radius 2 is 1.62 bits per heavy atom. The lowest BCUT2D eigenvalue weighted by Crippen LogP contribution is -2.37. The Morgan fingerprint density at radius 1 is 1.05 bits per heavy atom. The van der Waals surface area contributed by atoms with Gasteiger partial charge in [-0.2, -0.15) is 0 Å². The van der Waals surface area contributed by atoms with Gasteiger partial charge in [-0.1, -0.05) is 23.8 Å². The van der Waals surface area contributed by atoms with Gasteiger partial charge in [0.05, 0.1) is 18.5 Å². The van der Waals surface area contributed by atoms with E-state index < -0.39 is 0 Å². The Labute approximate surface area is 127 Å². The van der Waals surface area contributed by atoms with Crippen LogP contribution in [0.3, 0.4) is 0 Å². The fourth-order valence-electron chi connectivity index (χ4n) is 3.86. The van der Waals surface area contributed by atoms with E-state index in [-0.39, 0.29) is 42.2 Å². The number of allylic oxidation sites excluding steroid dienone is 2. The number of nitrogens with one attached hydrogen (secondary N) is 1. The molecule has 4 atom stereocenters. The van der Waals surface area contributed by atoms with Gasteiger partial charge in [-0.25, -0.2) is 0 Å². The topological polar surface area (TPSA) is 49.4 Å². The summed E-state index contributed by atoms with van der Waals surface area (Å²) in [6.07, 6.45) is 5.17. The third-order valence-corrected chi connectivity index (χ3v) is 5.10. The average molecular weight is 303 g/mol. The minimum Gasteiger partial charge on any atom is -0.367 e. The summed E-state index contributed by atoms with van der Waals surface area (Å²) in [7, 11) is 0.